The number of hydrogen-bond acceptors (Lipinski definition) is 6. The lowest BCUT2D eigenvalue weighted by Gasteiger charge is -2.11. The Morgan fingerprint density at radius 3 is 2.41 bits per heavy atom. The lowest BCUT2D eigenvalue weighted by molar-refractivity contribution is -0.114. The van der Waals surface area contributed by atoms with Gasteiger partial charge in [0, 0.05) is 30.1 Å². The zero-order valence-corrected chi connectivity index (χ0v) is 14.9. The molecule has 0 aliphatic heterocycles. The van der Waals surface area contributed by atoms with Gasteiger partial charge in [0.2, 0.25) is 11.9 Å². The third-order valence-corrected chi connectivity index (χ3v) is 3.63. The third kappa shape index (κ3) is 4.80. The van der Waals surface area contributed by atoms with Crippen LogP contribution in [0.2, 0.25) is 0 Å². The SMILES string of the molecule is CC(=O)Nc1ccc(Nc2nc(C)cc(Nc3ccccc3C#N)n2)cc1. The first-order valence-electron chi connectivity index (χ1n) is 8.30. The number of nitrogens with zero attached hydrogens (tertiary/aromatic N) is 3. The van der Waals surface area contributed by atoms with Crippen molar-refractivity contribution in [2.45, 2.75) is 13.8 Å². The molecule has 3 N–H and O–H groups in total. The summed E-state index contributed by atoms with van der Waals surface area (Å²) in [6, 6.07) is 18.4. The van der Waals surface area contributed by atoms with E-state index < -0.39 is 0 Å². The minimum absolute atomic E-state index is 0.119. The number of rotatable bonds is 5. The minimum Gasteiger partial charge on any atom is -0.339 e. The van der Waals surface area contributed by atoms with E-state index >= 15 is 0 Å². The Morgan fingerprint density at radius 1 is 1.00 bits per heavy atom. The maximum atomic E-state index is 11.1. The van der Waals surface area contributed by atoms with E-state index in [4.69, 9.17) is 0 Å². The lowest BCUT2D eigenvalue weighted by atomic mass is 10.2. The Hall–Kier alpha value is -3.92. The highest BCUT2D eigenvalue weighted by Crippen LogP contribution is 2.22. The first kappa shape index (κ1) is 17.9. The molecule has 3 aromatic rings. The molecule has 0 aliphatic rings. The van der Waals surface area contributed by atoms with Crippen molar-refractivity contribution in [2.24, 2.45) is 0 Å². The van der Waals surface area contributed by atoms with Crippen LogP contribution in [-0.4, -0.2) is 15.9 Å². The van der Waals surface area contributed by atoms with Gasteiger partial charge in [-0.25, -0.2) is 4.98 Å². The largest absolute Gasteiger partial charge is 0.339 e. The van der Waals surface area contributed by atoms with E-state index in [2.05, 4.69) is 32.0 Å². The Kier molecular flexibility index (Phi) is 5.28. The summed E-state index contributed by atoms with van der Waals surface area (Å²) in [7, 11) is 0. The lowest BCUT2D eigenvalue weighted by Crippen LogP contribution is -2.06. The fraction of sp³-hybridized carbons (Fsp3) is 0.100. The van der Waals surface area contributed by atoms with E-state index in [1.807, 2.05) is 37.3 Å². The number of benzene rings is 2. The van der Waals surface area contributed by atoms with Gasteiger partial charge < -0.3 is 16.0 Å². The van der Waals surface area contributed by atoms with Crippen molar-refractivity contribution in [3.8, 4) is 6.07 Å². The van der Waals surface area contributed by atoms with Gasteiger partial charge in [0.25, 0.3) is 0 Å². The molecule has 0 fully saturated rings. The zero-order chi connectivity index (χ0) is 19.2. The summed E-state index contributed by atoms with van der Waals surface area (Å²) in [6.45, 7) is 3.33. The number of aromatic nitrogens is 2. The molecule has 0 saturated heterocycles. The highest BCUT2D eigenvalue weighted by Gasteiger charge is 2.06. The van der Waals surface area contributed by atoms with Gasteiger partial charge >= 0.3 is 0 Å². The van der Waals surface area contributed by atoms with Crippen LogP contribution in [0.3, 0.4) is 0 Å². The smallest absolute Gasteiger partial charge is 0.229 e. The summed E-state index contributed by atoms with van der Waals surface area (Å²) in [4.78, 5) is 19.9. The number of hydrogen-bond donors (Lipinski definition) is 3. The predicted molar refractivity (Wildman–Crippen MR) is 105 cm³/mol. The van der Waals surface area contributed by atoms with E-state index in [1.54, 1.807) is 24.3 Å². The molecular formula is C20H18N6O. The second kappa shape index (κ2) is 7.97. The average Bonchev–Trinajstić information content (AvgIpc) is 2.63. The van der Waals surface area contributed by atoms with Crippen LogP contribution in [0.25, 0.3) is 0 Å². The molecule has 1 aromatic heterocycles. The highest BCUT2D eigenvalue weighted by atomic mass is 16.1. The number of para-hydroxylation sites is 1. The van der Waals surface area contributed by atoms with Gasteiger partial charge in [-0.2, -0.15) is 10.2 Å². The number of nitrogens with one attached hydrogen (secondary N) is 3. The van der Waals surface area contributed by atoms with E-state index in [0.717, 1.165) is 11.4 Å². The monoisotopic (exact) mass is 358 g/mol. The molecule has 7 nitrogen and oxygen atoms in total. The molecule has 1 heterocycles. The quantitative estimate of drug-likeness (QED) is 0.634. The molecule has 0 unspecified atom stereocenters. The van der Waals surface area contributed by atoms with Crippen molar-refractivity contribution in [3.63, 3.8) is 0 Å². The van der Waals surface area contributed by atoms with Crippen LogP contribution in [0.1, 0.15) is 18.2 Å². The summed E-state index contributed by atoms with van der Waals surface area (Å²) in [5.74, 6) is 0.896. The minimum atomic E-state index is -0.119. The van der Waals surface area contributed by atoms with Gasteiger partial charge in [0.05, 0.1) is 11.3 Å². The Balaban J connectivity index is 1.79. The van der Waals surface area contributed by atoms with Crippen LogP contribution >= 0.6 is 0 Å². The summed E-state index contributed by atoms with van der Waals surface area (Å²) in [5, 5.41) is 18.2. The molecule has 27 heavy (non-hydrogen) atoms. The van der Waals surface area contributed by atoms with Gasteiger partial charge in [-0.15, -0.1) is 0 Å². The van der Waals surface area contributed by atoms with Crippen LogP contribution < -0.4 is 16.0 Å². The summed E-state index contributed by atoms with van der Waals surface area (Å²) in [6.07, 6.45) is 0. The molecule has 0 bridgehead atoms. The first-order chi connectivity index (χ1) is 13.0. The molecule has 0 saturated carbocycles. The Bertz CT molecular complexity index is 1010. The van der Waals surface area contributed by atoms with E-state index in [9.17, 15) is 10.1 Å². The van der Waals surface area contributed by atoms with E-state index in [-0.39, 0.29) is 5.91 Å². The predicted octanol–water partition coefficient (Wildman–Crippen LogP) is 4.10. The van der Waals surface area contributed by atoms with Crippen LogP contribution in [-0.2, 0) is 4.79 Å². The number of carbonyl (C=O) groups is 1. The molecular weight excluding hydrogens is 340 g/mol. The molecule has 3 rings (SSSR count). The first-order valence-corrected chi connectivity index (χ1v) is 8.30. The highest BCUT2D eigenvalue weighted by molar-refractivity contribution is 5.88. The molecule has 1 amide bonds. The number of amides is 1. The van der Waals surface area contributed by atoms with Crippen molar-refractivity contribution in [1.82, 2.24) is 9.97 Å². The molecule has 7 heteroatoms. The zero-order valence-electron chi connectivity index (χ0n) is 14.9. The maximum Gasteiger partial charge on any atom is 0.229 e. The van der Waals surface area contributed by atoms with Crippen molar-refractivity contribution >= 4 is 34.7 Å². The number of aryl methyl sites for hydroxylation is 1. The standard InChI is InChI=1S/C20H18N6O/c1-13-11-19(25-18-6-4-3-5-15(18)12-21)26-20(22-13)24-17-9-7-16(8-10-17)23-14(2)27/h3-11H,1-2H3,(H,23,27)(H2,22,24,25,26). The average molecular weight is 358 g/mol. The summed E-state index contributed by atoms with van der Waals surface area (Å²) < 4.78 is 0. The molecule has 134 valence electrons. The normalized spacial score (nSPS) is 9.96. The van der Waals surface area contributed by atoms with Crippen molar-refractivity contribution in [3.05, 3.63) is 65.9 Å². The fourth-order valence-electron chi connectivity index (χ4n) is 2.49. The van der Waals surface area contributed by atoms with Crippen LogP contribution in [0.4, 0.5) is 28.8 Å². The molecule has 0 spiro atoms. The van der Waals surface area contributed by atoms with Crippen molar-refractivity contribution in [2.75, 3.05) is 16.0 Å². The van der Waals surface area contributed by atoms with Crippen LogP contribution in [0.5, 0.6) is 0 Å². The topological polar surface area (TPSA) is 103 Å². The van der Waals surface area contributed by atoms with E-state index in [0.29, 0.717) is 28.7 Å². The van der Waals surface area contributed by atoms with Gasteiger partial charge in [-0.1, -0.05) is 12.1 Å². The number of anilines is 5. The Labute approximate surface area is 157 Å². The van der Waals surface area contributed by atoms with Gasteiger partial charge in [0.1, 0.15) is 11.9 Å². The molecule has 0 aliphatic carbocycles. The van der Waals surface area contributed by atoms with Crippen LogP contribution in [0.15, 0.2) is 54.6 Å². The maximum absolute atomic E-state index is 11.1. The van der Waals surface area contributed by atoms with Gasteiger partial charge in [0.15, 0.2) is 0 Å². The molecule has 2 aromatic carbocycles. The fourth-order valence-corrected chi connectivity index (χ4v) is 2.49. The van der Waals surface area contributed by atoms with Crippen molar-refractivity contribution < 1.29 is 4.79 Å². The summed E-state index contributed by atoms with van der Waals surface area (Å²) in [5.41, 5.74) is 3.51. The molecule has 0 radical (unpaired) electrons. The van der Waals surface area contributed by atoms with Gasteiger partial charge in [-0.05, 0) is 43.3 Å². The third-order valence-electron chi connectivity index (χ3n) is 3.63. The van der Waals surface area contributed by atoms with E-state index in [1.165, 1.54) is 6.92 Å². The summed E-state index contributed by atoms with van der Waals surface area (Å²) >= 11 is 0. The number of nitriles is 1. The molecule has 0 atom stereocenters. The van der Waals surface area contributed by atoms with Gasteiger partial charge in [-0.3, -0.25) is 4.79 Å². The second-order valence-electron chi connectivity index (χ2n) is 5.88. The van der Waals surface area contributed by atoms with Crippen LogP contribution in [0, 0.1) is 18.3 Å². The number of carbonyl (C=O) groups excluding carboxylic acids is 1. The Morgan fingerprint density at radius 2 is 1.70 bits per heavy atom. The second-order valence-corrected chi connectivity index (χ2v) is 5.88. The van der Waals surface area contributed by atoms with Crippen molar-refractivity contribution in [1.29, 1.82) is 5.26 Å².